The van der Waals surface area contributed by atoms with Crippen LogP contribution in [-0.4, -0.2) is 35.6 Å². The number of carboxylic acids is 1. The highest BCUT2D eigenvalue weighted by atomic mass is 19.1. The minimum atomic E-state index is -1.21. The molecule has 2 N–H and O–H groups in total. The molecular weight excluding hydrogens is 501 g/mol. The van der Waals surface area contributed by atoms with E-state index in [4.69, 9.17) is 9.47 Å². The number of hydrogen-bond donors (Lipinski definition) is 2. The Hall–Kier alpha value is -4.20. The number of carbonyl (C=O) groups is 3. The van der Waals surface area contributed by atoms with Gasteiger partial charge in [0.1, 0.15) is 23.4 Å². The minimum absolute atomic E-state index is 0.00947. The van der Waals surface area contributed by atoms with E-state index in [0.717, 1.165) is 12.8 Å². The first-order chi connectivity index (χ1) is 18.8. The molecule has 0 radical (unpaired) electrons. The summed E-state index contributed by atoms with van der Waals surface area (Å²) in [6.07, 6.45) is 5.78. The molecule has 1 atom stereocenters. The molecule has 0 bridgehead atoms. The zero-order valence-corrected chi connectivity index (χ0v) is 22.2. The van der Waals surface area contributed by atoms with Crippen LogP contribution in [0, 0.1) is 12.7 Å². The van der Waals surface area contributed by atoms with Crippen LogP contribution in [-0.2, 0) is 11.2 Å². The number of aryl methyl sites for hydroxylation is 1. The van der Waals surface area contributed by atoms with Gasteiger partial charge in [0.15, 0.2) is 0 Å². The quantitative estimate of drug-likeness (QED) is 0.146. The van der Waals surface area contributed by atoms with Gasteiger partial charge in [-0.05, 0) is 79.1 Å². The number of hydrogen-bond acceptors (Lipinski definition) is 5. The van der Waals surface area contributed by atoms with E-state index < -0.39 is 29.7 Å². The number of ether oxygens (including phenoxy) is 2. The van der Waals surface area contributed by atoms with Crippen LogP contribution in [0.25, 0.3) is 0 Å². The van der Waals surface area contributed by atoms with Gasteiger partial charge in [-0.1, -0.05) is 44.7 Å². The predicted octanol–water partition coefficient (Wildman–Crippen LogP) is 6.13. The molecule has 0 aromatic heterocycles. The number of aliphatic carboxylic acids is 1. The van der Waals surface area contributed by atoms with Gasteiger partial charge in [-0.2, -0.15) is 0 Å². The van der Waals surface area contributed by atoms with Crippen LogP contribution in [0.1, 0.15) is 70.9 Å². The van der Waals surface area contributed by atoms with Crippen molar-refractivity contribution in [3.8, 4) is 11.5 Å². The number of carbonyl (C=O) groups excluding carboxylic acids is 2. The summed E-state index contributed by atoms with van der Waals surface area (Å²) in [5, 5.41) is 12.1. The summed E-state index contributed by atoms with van der Waals surface area (Å²) in [5.74, 6) is -1.80. The third-order valence-corrected chi connectivity index (χ3v) is 6.20. The van der Waals surface area contributed by atoms with Crippen molar-refractivity contribution in [2.24, 2.45) is 0 Å². The normalized spacial score (nSPS) is 11.5. The standard InChI is InChI=1S/C31H34FNO6/c1-3-4-5-6-7-18-38-25-15-10-23(11-16-25)31(37)39-26-13-8-22(9-14-26)20-28(30(35)36)33-29(34)24-12-17-27(32)21(2)19-24/h8-17,19,28H,3-7,18,20H2,1-2H3,(H,33,34)(H,35,36)/t28-/m0/s1. The van der Waals surface area contributed by atoms with Crippen LogP contribution >= 0.6 is 0 Å². The number of amides is 1. The van der Waals surface area contributed by atoms with Crippen LogP contribution in [0.2, 0.25) is 0 Å². The van der Waals surface area contributed by atoms with E-state index in [0.29, 0.717) is 29.2 Å². The fourth-order valence-electron chi connectivity index (χ4n) is 3.91. The molecule has 7 nitrogen and oxygen atoms in total. The Bertz CT molecular complexity index is 1260. The van der Waals surface area contributed by atoms with E-state index in [-0.39, 0.29) is 17.5 Å². The molecule has 0 spiro atoms. The van der Waals surface area contributed by atoms with Gasteiger partial charge >= 0.3 is 11.9 Å². The van der Waals surface area contributed by atoms with Crippen molar-refractivity contribution < 1.29 is 33.4 Å². The number of nitrogens with one attached hydrogen (secondary N) is 1. The summed E-state index contributed by atoms with van der Waals surface area (Å²) in [4.78, 5) is 36.8. The Balaban J connectivity index is 1.51. The fourth-order valence-corrected chi connectivity index (χ4v) is 3.91. The Morgan fingerprint density at radius 2 is 1.51 bits per heavy atom. The summed E-state index contributed by atoms with van der Waals surface area (Å²) < 4.78 is 24.6. The number of carboxylic acid groups (broad SMARTS) is 1. The highest BCUT2D eigenvalue weighted by Gasteiger charge is 2.22. The molecule has 0 aliphatic heterocycles. The van der Waals surface area contributed by atoms with Crippen molar-refractivity contribution in [1.82, 2.24) is 5.32 Å². The molecule has 206 valence electrons. The number of halogens is 1. The maximum atomic E-state index is 13.5. The van der Waals surface area contributed by atoms with Gasteiger partial charge in [0, 0.05) is 12.0 Å². The lowest BCUT2D eigenvalue weighted by Gasteiger charge is -2.15. The summed E-state index contributed by atoms with van der Waals surface area (Å²) in [7, 11) is 0. The van der Waals surface area contributed by atoms with Gasteiger partial charge in [0.2, 0.25) is 0 Å². The van der Waals surface area contributed by atoms with Crippen molar-refractivity contribution in [2.45, 2.75) is 58.4 Å². The third kappa shape index (κ3) is 9.25. The molecule has 0 saturated carbocycles. The van der Waals surface area contributed by atoms with Crippen molar-refractivity contribution in [2.75, 3.05) is 6.61 Å². The second-order valence-corrected chi connectivity index (χ2v) is 9.35. The van der Waals surface area contributed by atoms with Gasteiger partial charge in [-0.15, -0.1) is 0 Å². The summed E-state index contributed by atoms with van der Waals surface area (Å²) in [6, 6.07) is 15.8. The molecular formula is C31H34FNO6. The van der Waals surface area contributed by atoms with Crippen LogP contribution in [0.4, 0.5) is 4.39 Å². The molecule has 0 aliphatic carbocycles. The first-order valence-electron chi connectivity index (χ1n) is 13.1. The number of rotatable bonds is 14. The van der Waals surface area contributed by atoms with Gasteiger partial charge in [-0.3, -0.25) is 4.79 Å². The van der Waals surface area contributed by atoms with Crippen molar-refractivity contribution in [3.63, 3.8) is 0 Å². The largest absolute Gasteiger partial charge is 0.494 e. The van der Waals surface area contributed by atoms with Crippen LogP contribution in [0.3, 0.4) is 0 Å². The van der Waals surface area contributed by atoms with Crippen LogP contribution < -0.4 is 14.8 Å². The molecule has 0 aliphatic rings. The monoisotopic (exact) mass is 535 g/mol. The molecule has 3 aromatic rings. The van der Waals surface area contributed by atoms with Gasteiger partial charge < -0.3 is 19.9 Å². The summed E-state index contributed by atoms with van der Waals surface area (Å²) >= 11 is 0. The molecule has 0 heterocycles. The van der Waals surface area contributed by atoms with Crippen LogP contribution in [0.5, 0.6) is 11.5 Å². The second-order valence-electron chi connectivity index (χ2n) is 9.35. The first kappa shape index (κ1) is 29.4. The van der Waals surface area contributed by atoms with E-state index in [1.165, 1.54) is 44.4 Å². The molecule has 0 fully saturated rings. The average molecular weight is 536 g/mol. The second kappa shape index (κ2) is 14.7. The third-order valence-electron chi connectivity index (χ3n) is 6.20. The Morgan fingerprint density at radius 1 is 0.872 bits per heavy atom. The topological polar surface area (TPSA) is 102 Å². The molecule has 1 amide bonds. The van der Waals surface area contributed by atoms with E-state index in [9.17, 15) is 23.9 Å². The first-order valence-corrected chi connectivity index (χ1v) is 13.1. The predicted molar refractivity (Wildman–Crippen MR) is 146 cm³/mol. The van der Waals surface area contributed by atoms with Crippen LogP contribution in [0.15, 0.2) is 66.7 Å². The highest BCUT2D eigenvalue weighted by molar-refractivity contribution is 5.96. The average Bonchev–Trinajstić information content (AvgIpc) is 2.93. The molecule has 8 heteroatoms. The van der Waals surface area contributed by atoms with E-state index in [1.54, 1.807) is 48.5 Å². The number of benzene rings is 3. The van der Waals surface area contributed by atoms with E-state index in [2.05, 4.69) is 12.2 Å². The lowest BCUT2D eigenvalue weighted by molar-refractivity contribution is -0.139. The highest BCUT2D eigenvalue weighted by Crippen LogP contribution is 2.18. The van der Waals surface area contributed by atoms with Crippen molar-refractivity contribution in [3.05, 3.63) is 94.8 Å². The molecule has 3 aromatic carbocycles. The Morgan fingerprint density at radius 3 is 2.15 bits per heavy atom. The van der Waals surface area contributed by atoms with Gasteiger partial charge in [-0.25, -0.2) is 14.0 Å². The fraction of sp³-hybridized carbons (Fsp3) is 0.323. The maximum absolute atomic E-state index is 13.5. The molecule has 0 unspecified atom stereocenters. The minimum Gasteiger partial charge on any atom is -0.494 e. The lowest BCUT2D eigenvalue weighted by atomic mass is 10.0. The summed E-state index contributed by atoms with van der Waals surface area (Å²) in [5.41, 5.74) is 1.45. The summed E-state index contributed by atoms with van der Waals surface area (Å²) in [6.45, 7) is 4.34. The molecule has 0 saturated heterocycles. The lowest BCUT2D eigenvalue weighted by Crippen LogP contribution is -2.42. The Kier molecular flexibility index (Phi) is 11.0. The maximum Gasteiger partial charge on any atom is 0.343 e. The van der Waals surface area contributed by atoms with E-state index in [1.807, 2.05) is 0 Å². The molecule has 3 rings (SSSR count). The van der Waals surface area contributed by atoms with Crippen molar-refractivity contribution in [1.29, 1.82) is 0 Å². The number of unbranched alkanes of at least 4 members (excludes halogenated alkanes) is 4. The molecule has 39 heavy (non-hydrogen) atoms. The zero-order valence-electron chi connectivity index (χ0n) is 22.2. The van der Waals surface area contributed by atoms with Crippen molar-refractivity contribution >= 4 is 17.8 Å². The Labute approximate surface area is 228 Å². The zero-order chi connectivity index (χ0) is 28.2. The smallest absolute Gasteiger partial charge is 0.343 e. The number of esters is 1. The SMILES string of the molecule is CCCCCCCOc1ccc(C(=O)Oc2ccc(C[C@H](NC(=O)c3ccc(F)c(C)c3)C(=O)O)cc2)cc1. The van der Waals surface area contributed by atoms with E-state index >= 15 is 0 Å². The van der Waals surface area contributed by atoms with Gasteiger partial charge in [0.05, 0.1) is 12.2 Å². The van der Waals surface area contributed by atoms with Gasteiger partial charge in [0.25, 0.3) is 5.91 Å².